The second kappa shape index (κ2) is 5.01. The summed E-state index contributed by atoms with van der Waals surface area (Å²) in [5.74, 6) is 2.34. The van der Waals surface area contributed by atoms with E-state index in [1.165, 1.54) is 11.1 Å². The van der Waals surface area contributed by atoms with Gasteiger partial charge in [0, 0.05) is 17.0 Å². The van der Waals surface area contributed by atoms with Gasteiger partial charge in [0.2, 0.25) is 0 Å². The normalized spacial score (nSPS) is 40.0. The number of likely N-dealkylation sites (N-methyl/N-ethyl adjacent to an activating group) is 1. The maximum absolute atomic E-state index is 10.6. The number of piperidine rings is 1. The van der Waals surface area contributed by atoms with E-state index >= 15 is 0 Å². The lowest BCUT2D eigenvalue weighted by atomic mass is 9.51. The summed E-state index contributed by atoms with van der Waals surface area (Å²) in [6, 6.07) is 4.83. The number of rotatable bonds is 1. The fraction of sp³-hybridized carbons (Fsp3) is 0.667. The predicted molar refractivity (Wildman–Crippen MR) is 89.8 cm³/mol. The molecular formula is C18H24ClNO3. The first kappa shape index (κ1) is 15.6. The van der Waals surface area contributed by atoms with Gasteiger partial charge in [-0.25, -0.2) is 0 Å². The number of aliphatic hydroxyl groups is 1. The highest BCUT2D eigenvalue weighted by Gasteiger charge is 2.65. The maximum Gasteiger partial charge on any atom is 0.165 e. The number of halogens is 1. The van der Waals surface area contributed by atoms with Crippen LogP contribution in [0.3, 0.4) is 0 Å². The zero-order chi connectivity index (χ0) is 15.1. The standard InChI is InChI=1S/C18H23NO3.ClH/c1-19-8-7-18-11-4-5-13(20)17(18)22-16-14(21-2)6-3-10(15(16)18)9-12(11)19;/h3,6,11-13,17,20H,4-5,7-9H2,1-2H3;1H/t11-,12+,13-,17?,18-;/m0./s1. The van der Waals surface area contributed by atoms with Crippen molar-refractivity contribution < 1.29 is 14.6 Å². The van der Waals surface area contributed by atoms with Crippen molar-refractivity contribution in [1.29, 1.82) is 0 Å². The molecule has 0 amide bonds. The minimum atomic E-state index is -0.358. The number of likely N-dealkylation sites (tertiary alicyclic amines) is 1. The molecule has 5 atom stereocenters. The Hall–Kier alpha value is -0.970. The third-order valence-corrected chi connectivity index (χ3v) is 6.77. The molecule has 1 N–H and O–H groups in total. The molecule has 0 aromatic heterocycles. The molecule has 126 valence electrons. The second-order valence-corrected chi connectivity index (χ2v) is 7.46. The van der Waals surface area contributed by atoms with Crippen molar-refractivity contribution in [3.8, 4) is 11.5 Å². The summed E-state index contributed by atoms with van der Waals surface area (Å²) in [5.41, 5.74) is 2.77. The highest BCUT2D eigenvalue weighted by molar-refractivity contribution is 5.85. The molecule has 0 radical (unpaired) electrons. The largest absolute Gasteiger partial charge is 0.493 e. The van der Waals surface area contributed by atoms with Crippen LogP contribution in [0.4, 0.5) is 0 Å². The second-order valence-electron chi connectivity index (χ2n) is 7.46. The summed E-state index contributed by atoms with van der Waals surface area (Å²) in [5, 5.41) is 10.6. The van der Waals surface area contributed by atoms with Crippen LogP contribution in [0, 0.1) is 5.92 Å². The van der Waals surface area contributed by atoms with Gasteiger partial charge in [-0.2, -0.15) is 0 Å². The van der Waals surface area contributed by atoms with Crippen molar-refractivity contribution in [2.75, 3.05) is 20.7 Å². The highest BCUT2D eigenvalue weighted by atomic mass is 35.5. The Kier molecular flexibility index (Phi) is 3.39. The van der Waals surface area contributed by atoms with Crippen molar-refractivity contribution in [1.82, 2.24) is 4.90 Å². The topological polar surface area (TPSA) is 41.9 Å². The average molecular weight is 338 g/mol. The Morgan fingerprint density at radius 2 is 2.17 bits per heavy atom. The first-order valence-corrected chi connectivity index (χ1v) is 8.42. The Morgan fingerprint density at radius 3 is 2.96 bits per heavy atom. The third-order valence-electron chi connectivity index (χ3n) is 6.77. The van der Waals surface area contributed by atoms with Gasteiger partial charge in [0.15, 0.2) is 11.5 Å². The molecule has 1 aromatic rings. The Labute approximate surface area is 143 Å². The van der Waals surface area contributed by atoms with Crippen LogP contribution < -0.4 is 9.47 Å². The Bertz CT molecular complexity index is 651. The van der Waals surface area contributed by atoms with Crippen molar-refractivity contribution in [2.24, 2.45) is 5.92 Å². The van der Waals surface area contributed by atoms with E-state index in [2.05, 4.69) is 18.0 Å². The average Bonchev–Trinajstić information content (AvgIpc) is 2.88. The van der Waals surface area contributed by atoms with Gasteiger partial charge in [-0.3, -0.25) is 0 Å². The van der Waals surface area contributed by atoms with Gasteiger partial charge >= 0.3 is 0 Å². The Balaban J connectivity index is 0.00000135. The quantitative estimate of drug-likeness (QED) is 0.852. The molecule has 1 aromatic carbocycles. The van der Waals surface area contributed by atoms with Crippen LogP contribution in [0.2, 0.25) is 0 Å². The van der Waals surface area contributed by atoms with Crippen LogP contribution in [-0.4, -0.2) is 49.0 Å². The van der Waals surface area contributed by atoms with Crippen molar-refractivity contribution in [3.05, 3.63) is 23.3 Å². The van der Waals surface area contributed by atoms with Gasteiger partial charge in [0.25, 0.3) is 0 Å². The number of nitrogens with zero attached hydrogens (tertiary/aromatic N) is 1. The molecule has 1 saturated carbocycles. The smallest absolute Gasteiger partial charge is 0.165 e. The molecule has 1 unspecified atom stereocenters. The third kappa shape index (κ3) is 1.70. The number of hydrogen-bond donors (Lipinski definition) is 1. The summed E-state index contributed by atoms with van der Waals surface area (Å²) >= 11 is 0. The molecule has 2 aliphatic carbocycles. The maximum atomic E-state index is 10.6. The van der Waals surface area contributed by atoms with E-state index in [-0.39, 0.29) is 30.0 Å². The zero-order valence-electron chi connectivity index (χ0n) is 13.6. The zero-order valence-corrected chi connectivity index (χ0v) is 14.4. The van der Waals surface area contributed by atoms with Crippen LogP contribution in [0.25, 0.3) is 0 Å². The number of hydrogen-bond acceptors (Lipinski definition) is 4. The van der Waals surface area contributed by atoms with Crippen LogP contribution in [0.5, 0.6) is 11.5 Å². The summed E-state index contributed by atoms with van der Waals surface area (Å²) in [7, 11) is 3.96. The SMILES string of the molecule is COc1ccc2c3c1OC1[C@@H](O)CC[C@H]4[C@@H](C2)N(C)CC[C@]314.Cl. The van der Waals surface area contributed by atoms with Gasteiger partial charge < -0.3 is 19.5 Å². The molecule has 5 heteroatoms. The van der Waals surface area contributed by atoms with Crippen molar-refractivity contribution in [3.63, 3.8) is 0 Å². The Morgan fingerprint density at radius 1 is 1.35 bits per heavy atom. The lowest BCUT2D eigenvalue weighted by Gasteiger charge is -2.58. The molecule has 4 aliphatic rings. The fourth-order valence-electron chi connectivity index (χ4n) is 5.86. The van der Waals surface area contributed by atoms with Crippen molar-refractivity contribution >= 4 is 12.4 Å². The van der Waals surface area contributed by atoms with Crippen LogP contribution >= 0.6 is 12.4 Å². The number of aliphatic hydroxyl groups excluding tert-OH is 1. The van der Waals surface area contributed by atoms with Gasteiger partial charge in [0.1, 0.15) is 6.10 Å². The van der Waals surface area contributed by atoms with E-state index in [0.717, 1.165) is 43.7 Å². The number of benzene rings is 1. The number of ether oxygens (including phenoxy) is 2. The summed E-state index contributed by atoms with van der Waals surface area (Å²) < 4.78 is 11.9. The molecule has 1 saturated heterocycles. The summed E-state index contributed by atoms with van der Waals surface area (Å²) in [4.78, 5) is 2.52. The molecule has 2 fully saturated rings. The van der Waals surface area contributed by atoms with Crippen LogP contribution in [0.15, 0.2) is 12.1 Å². The monoisotopic (exact) mass is 337 g/mol. The highest BCUT2D eigenvalue weighted by Crippen LogP contribution is 2.63. The summed E-state index contributed by atoms with van der Waals surface area (Å²) in [6.07, 6.45) is 3.69. The van der Waals surface area contributed by atoms with Crippen LogP contribution in [0.1, 0.15) is 30.4 Å². The van der Waals surface area contributed by atoms with E-state index in [1.54, 1.807) is 7.11 Å². The molecular weight excluding hydrogens is 314 g/mol. The van der Waals surface area contributed by atoms with E-state index in [1.807, 2.05) is 6.07 Å². The number of methoxy groups -OCH3 is 1. The lowest BCUT2D eigenvalue weighted by molar-refractivity contribution is -0.0993. The van der Waals surface area contributed by atoms with E-state index < -0.39 is 0 Å². The molecule has 4 nitrogen and oxygen atoms in total. The van der Waals surface area contributed by atoms with E-state index in [4.69, 9.17) is 9.47 Å². The van der Waals surface area contributed by atoms with Crippen LogP contribution in [-0.2, 0) is 11.8 Å². The van der Waals surface area contributed by atoms with E-state index in [9.17, 15) is 5.11 Å². The molecule has 23 heavy (non-hydrogen) atoms. The molecule has 2 aliphatic heterocycles. The molecule has 5 rings (SSSR count). The van der Waals surface area contributed by atoms with Gasteiger partial charge in [0.05, 0.1) is 13.2 Å². The van der Waals surface area contributed by atoms with Gasteiger partial charge in [-0.15, -0.1) is 12.4 Å². The predicted octanol–water partition coefficient (Wildman–Crippen LogP) is 2.15. The first-order valence-electron chi connectivity index (χ1n) is 8.42. The van der Waals surface area contributed by atoms with Crippen molar-refractivity contribution in [2.45, 2.75) is 49.3 Å². The van der Waals surface area contributed by atoms with Gasteiger partial charge in [-0.1, -0.05) is 6.07 Å². The lowest BCUT2D eigenvalue weighted by Crippen LogP contribution is -2.66. The van der Waals surface area contributed by atoms with Gasteiger partial charge in [-0.05, 0) is 56.8 Å². The van der Waals surface area contributed by atoms with E-state index in [0.29, 0.717) is 12.0 Å². The minimum Gasteiger partial charge on any atom is -0.493 e. The molecule has 2 bridgehead atoms. The minimum absolute atomic E-state index is 0. The fourth-order valence-corrected chi connectivity index (χ4v) is 5.86. The molecule has 2 heterocycles. The summed E-state index contributed by atoms with van der Waals surface area (Å²) in [6.45, 7) is 1.09. The molecule has 1 spiro atoms. The first-order chi connectivity index (χ1) is 10.7.